The Labute approximate surface area is 138 Å². The van der Waals surface area contributed by atoms with Crippen molar-refractivity contribution in [1.82, 2.24) is 4.90 Å². The number of aryl methyl sites for hydroxylation is 1. The Hall–Kier alpha value is -0.590. The first-order valence-corrected chi connectivity index (χ1v) is 9.71. The van der Waals surface area contributed by atoms with Gasteiger partial charge in [0.05, 0.1) is 4.90 Å². The molecule has 2 atom stereocenters. The molecule has 1 amide bonds. The van der Waals surface area contributed by atoms with Gasteiger partial charge in [-0.25, -0.2) is 8.42 Å². The van der Waals surface area contributed by atoms with Crippen molar-refractivity contribution in [3.05, 3.63) is 27.7 Å². The minimum Gasteiger partial charge on any atom is -0.341 e. The molecular formula is C14H17BrClNO3S. The van der Waals surface area contributed by atoms with E-state index in [2.05, 4.69) is 22.9 Å². The van der Waals surface area contributed by atoms with Gasteiger partial charge >= 0.3 is 0 Å². The smallest absolute Gasteiger partial charge is 0.262 e. The van der Waals surface area contributed by atoms with Gasteiger partial charge in [0.2, 0.25) is 0 Å². The molecule has 1 fully saturated rings. The Morgan fingerprint density at radius 2 is 2.05 bits per heavy atom. The summed E-state index contributed by atoms with van der Waals surface area (Å²) in [5.74, 6) is 1.02. The molecule has 1 aromatic carbocycles. The summed E-state index contributed by atoms with van der Waals surface area (Å²) in [6, 6.07) is 3.00. The monoisotopic (exact) mass is 393 g/mol. The standard InChI is InChI=1S/C14H17BrClNO3S/c1-8-4-11(8)7-17(3)14(18)10-5-9(2)13(15)12(6-10)21(16,19)20/h5-6,8,11H,4,7H2,1-3H3. The topological polar surface area (TPSA) is 54.5 Å². The third-order valence-electron chi connectivity index (χ3n) is 3.86. The van der Waals surface area contributed by atoms with Crippen molar-refractivity contribution in [2.75, 3.05) is 13.6 Å². The highest BCUT2D eigenvalue weighted by molar-refractivity contribution is 9.10. The van der Waals surface area contributed by atoms with E-state index in [0.29, 0.717) is 34.0 Å². The molecule has 2 rings (SSSR count). The van der Waals surface area contributed by atoms with E-state index in [4.69, 9.17) is 10.7 Å². The second kappa shape index (κ2) is 5.89. The van der Waals surface area contributed by atoms with Gasteiger partial charge in [0, 0.05) is 34.3 Å². The van der Waals surface area contributed by atoms with Crippen LogP contribution in [0.25, 0.3) is 0 Å². The van der Waals surface area contributed by atoms with Crippen molar-refractivity contribution in [3.63, 3.8) is 0 Å². The summed E-state index contributed by atoms with van der Waals surface area (Å²) in [5.41, 5.74) is 0.999. The van der Waals surface area contributed by atoms with Crippen molar-refractivity contribution < 1.29 is 13.2 Å². The fraction of sp³-hybridized carbons (Fsp3) is 0.500. The van der Waals surface area contributed by atoms with Gasteiger partial charge in [-0.15, -0.1) is 0 Å². The van der Waals surface area contributed by atoms with Crippen LogP contribution in [0.5, 0.6) is 0 Å². The van der Waals surface area contributed by atoms with Gasteiger partial charge in [-0.1, -0.05) is 6.92 Å². The van der Waals surface area contributed by atoms with Gasteiger partial charge in [-0.2, -0.15) is 0 Å². The molecule has 0 radical (unpaired) electrons. The van der Waals surface area contributed by atoms with Crippen LogP contribution in [0.3, 0.4) is 0 Å². The summed E-state index contributed by atoms with van der Waals surface area (Å²) < 4.78 is 23.6. The molecule has 1 aliphatic carbocycles. The summed E-state index contributed by atoms with van der Waals surface area (Å²) >= 11 is 3.21. The van der Waals surface area contributed by atoms with Crippen LogP contribution in [0.4, 0.5) is 0 Å². The lowest BCUT2D eigenvalue weighted by Crippen LogP contribution is -2.29. The van der Waals surface area contributed by atoms with Gasteiger partial charge in [0.1, 0.15) is 0 Å². The maximum atomic E-state index is 12.4. The first-order valence-electron chi connectivity index (χ1n) is 6.61. The minimum atomic E-state index is -3.90. The minimum absolute atomic E-state index is 0.0688. The zero-order chi connectivity index (χ0) is 15.9. The molecular weight excluding hydrogens is 378 g/mol. The van der Waals surface area contributed by atoms with Crippen molar-refractivity contribution >= 4 is 41.6 Å². The Morgan fingerprint density at radius 1 is 1.48 bits per heavy atom. The van der Waals surface area contributed by atoms with E-state index in [1.807, 2.05) is 0 Å². The average molecular weight is 395 g/mol. The molecule has 0 saturated heterocycles. The number of benzene rings is 1. The van der Waals surface area contributed by atoms with Gasteiger partial charge in [-0.3, -0.25) is 4.79 Å². The zero-order valence-corrected chi connectivity index (χ0v) is 15.2. The van der Waals surface area contributed by atoms with Crippen LogP contribution < -0.4 is 0 Å². The van der Waals surface area contributed by atoms with Crippen molar-refractivity contribution in [2.45, 2.75) is 25.2 Å². The highest BCUT2D eigenvalue weighted by Crippen LogP contribution is 2.38. The van der Waals surface area contributed by atoms with E-state index in [-0.39, 0.29) is 10.8 Å². The first kappa shape index (κ1) is 16.8. The Kier molecular flexibility index (Phi) is 4.71. The van der Waals surface area contributed by atoms with Gasteiger partial charge in [-0.05, 0) is 58.8 Å². The zero-order valence-electron chi connectivity index (χ0n) is 12.1. The molecule has 21 heavy (non-hydrogen) atoms. The Morgan fingerprint density at radius 3 is 2.52 bits per heavy atom. The maximum Gasteiger partial charge on any atom is 0.262 e. The molecule has 0 N–H and O–H groups in total. The number of nitrogens with zero attached hydrogens (tertiary/aromatic N) is 1. The van der Waals surface area contributed by atoms with Crippen LogP contribution in [0.2, 0.25) is 0 Å². The SMILES string of the molecule is Cc1cc(C(=O)N(C)CC2CC2C)cc(S(=O)(=O)Cl)c1Br. The fourth-order valence-corrected chi connectivity index (χ4v) is 4.50. The van der Waals surface area contributed by atoms with Crippen LogP contribution in [-0.2, 0) is 9.05 Å². The summed E-state index contributed by atoms with van der Waals surface area (Å²) in [6.07, 6.45) is 1.14. The van der Waals surface area contributed by atoms with Gasteiger partial charge in [0.25, 0.3) is 15.0 Å². The largest absolute Gasteiger partial charge is 0.341 e. The van der Waals surface area contributed by atoms with Crippen LogP contribution in [0.15, 0.2) is 21.5 Å². The van der Waals surface area contributed by atoms with Gasteiger partial charge in [0.15, 0.2) is 0 Å². The number of rotatable bonds is 4. The number of amides is 1. The second-order valence-electron chi connectivity index (χ2n) is 5.70. The van der Waals surface area contributed by atoms with E-state index in [1.54, 1.807) is 24.9 Å². The number of hydrogen-bond donors (Lipinski definition) is 0. The lowest BCUT2D eigenvalue weighted by Gasteiger charge is -2.18. The lowest BCUT2D eigenvalue weighted by atomic mass is 10.1. The molecule has 7 heteroatoms. The number of carbonyl (C=O) groups excluding carboxylic acids is 1. The Bertz CT molecular complexity index is 690. The van der Waals surface area contributed by atoms with E-state index in [0.717, 1.165) is 6.42 Å². The molecule has 0 spiro atoms. The van der Waals surface area contributed by atoms with Crippen LogP contribution >= 0.6 is 26.6 Å². The van der Waals surface area contributed by atoms with E-state index < -0.39 is 9.05 Å². The second-order valence-corrected chi connectivity index (χ2v) is 9.03. The summed E-state index contributed by atoms with van der Waals surface area (Å²) in [4.78, 5) is 14.0. The van der Waals surface area contributed by atoms with Crippen LogP contribution in [0, 0.1) is 18.8 Å². The molecule has 2 unspecified atom stereocenters. The fourth-order valence-electron chi connectivity index (χ4n) is 2.35. The predicted molar refractivity (Wildman–Crippen MR) is 86.1 cm³/mol. The number of carbonyl (C=O) groups is 1. The number of hydrogen-bond acceptors (Lipinski definition) is 3. The molecule has 116 valence electrons. The first-order chi connectivity index (χ1) is 9.61. The molecule has 1 aromatic rings. The normalized spacial score (nSPS) is 21.2. The molecule has 0 aromatic heterocycles. The summed E-state index contributed by atoms with van der Waals surface area (Å²) in [7, 11) is 3.26. The highest BCUT2D eigenvalue weighted by atomic mass is 79.9. The molecule has 0 bridgehead atoms. The Balaban J connectivity index is 2.31. The predicted octanol–water partition coefficient (Wildman–Crippen LogP) is 3.41. The number of halogens is 2. The quantitative estimate of drug-likeness (QED) is 0.735. The average Bonchev–Trinajstić information content (AvgIpc) is 3.05. The van der Waals surface area contributed by atoms with Crippen LogP contribution in [-0.4, -0.2) is 32.8 Å². The summed E-state index contributed by atoms with van der Waals surface area (Å²) in [5, 5.41) is 0. The summed E-state index contributed by atoms with van der Waals surface area (Å²) in [6.45, 7) is 4.58. The molecule has 1 aliphatic rings. The maximum absolute atomic E-state index is 12.4. The molecule has 0 aliphatic heterocycles. The van der Waals surface area contributed by atoms with Crippen LogP contribution in [0.1, 0.15) is 29.3 Å². The van der Waals surface area contributed by atoms with Crippen molar-refractivity contribution in [2.24, 2.45) is 11.8 Å². The third kappa shape index (κ3) is 3.79. The van der Waals surface area contributed by atoms with Crippen molar-refractivity contribution in [3.8, 4) is 0 Å². The highest BCUT2D eigenvalue weighted by Gasteiger charge is 2.34. The van der Waals surface area contributed by atoms with Crippen molar-refractivity contribution in [1.29, 1.82) is 0 Å². The van der Waals surface area contributed by atoms with E-state index in [1.165, 1.54) is 6.07 Å². The molecule has 4 nitrogen and oxygen atoms in total. The molecule has 0 heterocycles. The lowest BCUT2D eigenvalue weighted by molar-refractivity contribution is 0.0786. The van der Waals surface area contributed by atoms with E-state index >= 15 is 0 Å². The molecule has 1 saturated carbocycles. The van der Waals surface area contributed by atoms with Gasteiger partial charge < -0.3 is 4.90 Å². The third-order valence-corrected chi connectivity index (χ3v) is 6.52. The van der Waals surface area contributed by atoms with E-state index in [9.17, 15) is 13.2 Å².